The number of benzene rings is 3. The van der Waals surface area contributed by atoms with Gasteiger partial charge in [0.25, 0.3) is 5.91 Å². The summed E-state index contributed by atoms with van der Waals surface area (Å²) < 4.78 is 3.69. The van der Waals surface area contributed by atoms with Crippen LogP contribution in [-0.2, 0) is 0 Å². The maximum atomic E-state index is 13.0. The SMILES string of the molecule is Cc1ccc2c(cnn2C(CNC(=O)c2ccc(-n3cnnc3)cc2Cl)c2ccccc2)c1. The molecule has 5 aromatic rings. The quantitative estimate of drug-likeness (QED) is 0.405. The van der Waals surface area contributed by atoms with Crippen LogP contribution in [-0.4, -0.2) is 37.0 Å². The maximum Gasteiger partial charge on any atom is 0.252 e. The number of fused-ring (bicyclic) bond motifs is 1. The number of halogens is 1. The van der Waals surface area contributed by atoms with Crippen molar-refractivity contribution in [2.75, 3.05) is 6.54 Å². The molecule has 2 heterocycles. The molecule has 1 N–H and O–H groups in total. The van der Waals surface area contributed by atoms with Crippen molar-refractivity contribution in [1.82, 2.24) is 29.9 Å². The van der Waals surface area contributed by atoms with E-state index in [0.29, 0.717) is 17.1 Å². The Kier molecular flexibility index (Phi) is 5.62. The van der Waals surface area contributed by atoms with E-state index in [1.807, 2.05) is 47.3 Å². The van der Waals surface area contributed by atoms with Gasteiger partial charge in [0, 0.05) is 17.6 Å². The minimum atomic E-state index is -0.247. The molecule has 1 amide bonds. The molecule has 0 fully saturated rings. The van der Waals surface area contributed by atoms with E-state index in [4.69, 9.17) is 11.6 Å². The van der Waals surface area contributed by atoms with E-state index in [-0.39, 0.29) is 11.9 Å². The zero-order valence-corrected chi connectivity index (χ0v) is 18.6. The Morgan fingerprint density at radius 3 is 2.58 bits per heavy atom. The standard InChI is InChI=1S/C25H21ClN6O/c1-17-7-10-23-19(11-17)13-30-32(23)24(18-5-3-2-4-6-18)14-27-25(33)21-9-8-20(12-22(21)26)31-15-28-29-16-31/h2-13,15-16,24H,14H2,1H3,(H,27,33). The van der Waals surface area contributed by atoms with Crippen LogP contribution in [0.5, 0.6) is 0 Å². The number of hydrogen-bond donors (Lipinski definition) is 1. The highest BCUT2D eigenvalue weighted by molar-refractivity contribution is 6.34. The highest BCUT2D eigenvalue weighted by Crippen LogP contribution is 2.25. The Balaban J connectivity index is 1.42. The smallest absolute Gasteiger partial charge is 0.252 e. The molecule has 0 aliphatic heterocycles. The van der Waals surface area contributed by atoms with E-state index in [1.165, 1.54) is 5.56 Å². The maximum absolute atomic E-state index is 13.0. The Hall–Kier alpha value is -3.97. The zero-order chi connectivity index (χ0) is 22.8. The molecule has 33 heavy (non-hydrogen) atoms. The first kappa shape index (κ1) is 20.9. The van der Waals surface area contributed by atoms with Crippen molar-refractivity contribution in [3.05, 3.63) is 107 Å². The first-order valence-corrected chi connectivity index (χ1v) is 10.9. The van der Waals surface area contributed by atoms with Gasteiger partial charge < -0.3 is 5.32 Å². The van der Waals surface area contributed by atoms with Crippen LogP contribution in [0.1, 0.15) is 27.5 Å². The number of rotatable bonds is 6. The van der Waals surface area contributed by atoms with Gasteiger partial charge in [-0.25, -0.2) is 0 Å². The Bertz CT molecular complexity index is 1410. The third kappa shape index (κ3) is 4.23. The van der Waals surface area contributed by atoms with Gasteiger partial charge in [-0.15, -0.1) is 10.2 Å². The number of aryl methyl sites for hydroxylation is 1. The Morgan fingerprint density at radius 2 is 1.82 bits per heavy atom. The first-order valence-electron chi connectivity index (χ1n) is 10.5. The van der Waals surface area contributed by atoms with Crippen molar-refractivity contribution in [2.45, 2.75) is 13.0 Å². The molecule has 0 aliphatic rings. The van der Waals surface area contributed by atoms with Gasteiger partial charge in [-0.2, -0.15) is 5.10 Å². The summed E-state index contributed by atoms with van der Waals surface area (Å²) in [5, 5.41) is 16.7. The number of aromatic nitrogens is 5. The number of nitrogens with zero attached hydrogens (tertiary/aromatic N) is 5. The van der Waals surface area contributed by atoms with Gasteiger partial charge in [0.2, 0.25) is 0 Å². The number of carbonyl (C=O) groups is 1. The van der Waals surface area contributed by atoms with Crippen molar-refractivity contribution >= 4 is 28.4 Å². The molecule has 3 aromatic carbocycles. The number of amides is 1. The third-order valence-electron chi connectivity index (χ3n) is 5.60. The Labute approximate surface area is 195 Å². The first-order chi connectivity index (χ1) is 16.1. The number of nitrogens with one attached hydrogen (secondary N) is 1. The molecule has 7 nitrogen and oxygen atoms in total. The van der Waals surface area contributed by atoms with E-state index in [2.05, 4.69) is 45.7 Å². The molecular weight excluding hydrogens is 436 g/mol. The predicted octanol–water partition coefficient (Wildman–Crippen LogP) is 4.60. The summed E-state index contributed by atoms with van der Waals surface area (Å²) in [6.07, 6.45) is 5.01. The zero-order valence-electron chi connectivity index (χ0n) is 17.9. The van der Waals surface area contributed by atoms with Gasteiger partial charge in [0.15, 0.2) is 0 Å². The van der Waals surface area contributed by atoms with Crippen LogP contribution in [0.3, 0.4) is 0 Å². The summed E-state index contributed by atoms with van der Waals surface area (Å²) in [7, 11) is 0. The monoisotopic (exact) mass is 456 g/mol. The van der Waals surface area contributed by atoms with Crippen LogP contribution in [0.15, 0.2) is 85.6 Å². The summed E-state index contributed by atoms with van der Waals surface area (Å²) in [4.78, 5) is 13.0. The molecular formula is C25H21ClN6O. The van der Waals surface area contributed by atoms with Gasteiger partial charge in [0.05, 0.1) is 28.3 Å². The fraction of sp³-hybridized carbons (Fsp3) is 0.120. The third-order valence-corrected chi connectivity index (χ3v) is 5.91. The molecule has 1 atom stereocenters. The molecule has 0 saturated heterocycles. The van der Waals surface area contributed by atoms with E-state index >= 15 is 0 Å². The van der Waals surface area contributed by atoms with Crippen molar-refractivity contribution in [1.29, 1.82) is 0 Å². The van der Waals surface area contributed by atoms with Gasteiger partial charge in [0.1, 0.15) is 12.7 Å². The molecule has 0 saturated carbocycles. The Morgan fingerprint density at radius 1 is 1.03 bits per heavy atom. The summed E-state index contributed by atoms with van der Waals surface area (Å²) in [5.74, 6) is -0.247. The summed E-state index contributed by atoms with van der Waals surface area (Å²) >= 11 is 6.43. The molecule has 0 aliphatic carbocycles. The lowest BCUT2D eigenvalue weighted by Gasteiger charge is -2.20. The second-order valence-corrected chi connectivity index (χ2v) is 8.23. The lowest BCUT2D eigenvalue weighted by atomic mass is 10.1. The predicted molar refractivity (Wildman–Crippen MR) is 128 cm³/mol. The topological polar surface area (TPSA) is 77.6 Å². The summed E-state index contributed by atoms with van der Waals surface area (Å²) in [6.45, 7) is 2.42. The van der Waals surface area contributed by atoms with Crippen LogP contribution in [0.2, 0.25) is 5.02 Å². The van der Waals surface area contributed by atoms with Gasteiger partial charge in [-0.05, 0) is 42.8 Å². The molecule has 2 aromatic heterocycles. The number of hydrogen-bond acceptors (Lipinski definition) is 4. The fourth-order valence-corrected chi connectivity index (χ4v) is 4.17. The lowest BCUT2D eigenvalue weighted by molar-refractivity contribution is 0.0949. The van der Waals surface area contributed by atoms with E-state index < -0.39 is 0 Å². The van der Waals surface area contributed by atoms with Crippen molar-refractivity contribution < 1.29 is 4.79 Å². The van der Waals surface area contributed by atoms with Gasteiger partial charge in [-0.1, -0.05) is 53.6 Å². The van der Waals surface area contributed by atoms with Gasteiger partial charge >= 0.3 is 0 Å². The molecule has 5 rings (SSSR count). The highest BCUT2D eigenvalue weighted by atomic mass is 35.5. The molecule has 1 unspecified atom stereocenters. The average Bonchev–Trinajstić information content (AvgIpc) is 3.50. The average molecular weight is 457 g/mol. The molecule has 8 heteroatoms. The van der Waals surface area contributed by atoms with E-state index in [0.717, 1.165) is 22.2 Å². The number of carbonyl (C=O) groups excluding carboxylic acids is 1. The van der Waals surface area contributed by atoms with Crippen LogP contribution >= 0.6 is 11.6 Å². The molecule has 0 spiro atoms. The van der Waals surface area contributed by atoms with Gasteiger partial charge in [-0.3, -0.25) is 14.0 Å². The fourth-order valence-electron chi connectivity index (χ4n) is 3.91. The van der Waals surface area contributed by atoms with Crippen LogP contribution < -0.4 is 5.32 Å². The second kappa shape index (κ2) is 8.88. The van der Waals surface area contributed by atoms with Crippen LogP contribution in [0.25, 0.3) is 16.6 Å². The van der Waals surface area contributed by atoms with Crippen LogP contribution in [0, 0.1) is 6.92 Å². The van der Waals surface area contributed by atoms with Crippen molar-refractivity contribution in [2.24, 2.45) is 0 Å². The minimum Gasteiger partial charge on any atom is -0.349 e. The molecule has 0 radical (unpaired) electrons. The largest absolute Gasteiger partial charge is 0.349 e. The molecule has 164 valence electrons. The summed E-state index contributed by atoms with van der Waals surface area (Å²) in [5.41, 5.74) is 4.43. The normalized spacial score (nSPS) is 12.1. The van der Waals surface area contributed by atoms with Crippen molar-refractivity contribution in [3.8, 4) is 5.69 Å². The summed E-state index contributed by atoms with van der Waals surface area (Å²) in [6, 6.07) is 21.3. The van der Waals surface area contributed by atoms with E-state index in [9.17, 15) is 4.79 Å². The van der Waals surface area contributed by atoms with Crippen LogP contribution in [0.4, 0.5) is 0 Å². The highest BCUT2D eigenvalue weighted by Gasteiger charge is 2.20. The second-order valence-electron chi connectivity index (χ2n) is 7.82. The lowest BCUT2D eigenvalue weighted by Crippen LogP contribution is -2.32. The van der Waals surface area contributed by atoms with E-state index in [1.54, 1.807) is 29.4 Å². The minimum absolute atomic E-state index is 0.176. The molecule has 0 bridgehead atoms. The van der Waals surface area contributed by atoms with Crippen molar-refractivity contribution in [3.63, 3.8) is 0 Å².